The van der Waals surface area contributed by atoms with Gasteiger partial charge in [0.1, 0.15) is 5.75 Å². The fourth-order valence-electron chi connectivity index (χ4n) is 2.61. The zero-order valence-electron chi connectivity index (χ0n) is 14.9. The lowest BCUT2D eigenvalue weighted by atomic mass is 10.1. The van der Waals surface area contributed by atoms with Gasteiger partial charge in [0.25, 0.3) is 5.91 Å². The quantitative estimate of drug-likeness (QED) is 0.639. The number of carbonyl (C=O) groups excluding carboxylic acids is 2. The molecule has 0 radical (unpaired) electrons. The third-order valence-electron chi connectivity index (χ3n) is 4.05. The van der Waals surface area contributed by atoms with Crippen LogP contribution in [0, 0.1) is 0 Å². The fraction of sp³-hybridized carbons (Fsp3) is 0.150. The predicted molar refractivity (Wildman–Crippen MR) is 104 cm³/mol. The number of aromatic nitrogens is 1. The number of hydrogen-bond acceptors (Lipinski definition) is 7. The van der Waals surface area contributed by atoms with Crippen molar-refractivity contribution in [3.05, 3.63) is 53.4 Å². The lowest BCUT2D eigenvalue weighted by molar-refractivity contribution is -0.118. The van der Waals surface area contributed by atoms with E-state index in [1.165, 1.54) is 18.3 Å². The molecule has 0 bridgehead atoms. The van der Waals surface area contributed by atoms with E-state index in [-0.39, 0.29) is 25.1 Å². The minimum atomic E-state index is -0.317. The van der Waals surface area contributed by atoms with Gasteiger partial charge in [0, 0.05) is 16.5 Å². The molecule has 0 saturated carbocycles. The number of anilines is 1. The van der Waals surface area contributed by atoms with Crippen LogP contribution in [0.5, 0.6) is 17.2 Å². The molecule has 0 saturated heterocycles. The summed E-state index contributed by atoms with van der Waals surface area (Å²) in [6, 6.07) is 12.2. The fourth-order valence-corrected chi connectivity index (χ4v) is 3.35. The van der Waals surface area contributed by atoms with E-state index < -0.39 is 0 Å². The molecule has 1 N–H and O–H groups in total. The topological polar surface area (TPSA) is 86.8 Å². The van der Waals surface area contributed by atoms with Crippen molar-refractivity contribution in [2.24, 2.45) is 0 Å². The molecule has 2 heterocycles. The van der Waals surface area contributed by atoms with Crippen LogP contribution in [0.3, 0.4) is 0 Å². The minimum Gasteiger partial charge on any atom is -0.484 e. The van der Waals surface area contributed by atoms with Crippen LogP contribution >= 0.6 is 11.3 Å². The van der Waals surface area contributed by atoms with Crippen molar-refractivity contribution >= 4 is 28.2 Å². The molecule has 1 aromatic heterocycles. The predicted octanol–water partition coefficient (Wildman–Crippen LogP) is 3.76. The Morgan fingerprint density at radius 3 is 2.71 bits per heavy atom. The molecule has 142 valence electrons. The second kappa shape index (κ2) is 7.69. The highest BCUT2D eigenvalue weighted by molar-refractivity contribution is 7.14. The number of ether oxygens (including phenoxy) is 3. The van der Waals surface area contributed by atoms with Gasteiger partial charge in [-0.05, 0) is 49.4 Å². The largest absolute Gasteiger partial charge is 0.484 e. The number of Topliss-reactive ketones (excluding diaryl/α,β-unsaturated/α-hetero) is 1. The number of thiazole rings is 1. The maximum absolute atomic E-state index is 12.1. The first-order valence-corrected chi connectivity index (χ1v) is 9.35. The number of amides is 1. The maximum atomic E-state index is 12.1. The molecule has 7 nitrogen and oxygen atoms in total. The average Bonchev–Trinajstić information content (AvgIpc) is 3.35. The van der Waals surface area contributed by atoms with E-state index in [0.717, 1.165) is 11.3 Å². The summed E-state index contributed by atoms with van der Waals surface area (Å²) in [4.78, 5) is 27.8. The third-order valence-corrected chi connectivity index (χ3v) is 4.81. The van der Waals surface area contributed by atoms with Crippen LogP contribution in [0.1, 0.15) is 17.3 Å². The molecule has 3 aromatic rings. The third kappa shape index (κ3) is 3.96. The monoisotopic (exact) mass is 396 g/mol. The molecule has 4 rings (SSSR count). The maximum Gasteiger partial charge on any atom is 0.264 e. The highest BCUT2D eigenvalue weighted by Gasteiger charge is 2.15. The number of benzene rings is 2. The van der Waals surface area contributed by atoms with Gasteiger partial charge in [-0.3, -0.25) is 14.9 Å². The number of fused-ring (bicyclic) bond motifs is 1. The zero-order chi connectivity index (χ0) is 19.5. The molecule has 0 atom stereocenters. The normalized spacial score (nSPS) is 11.9. The summed E-state index contributed by atoms with van der Waals surface area (Å²) in [6.07, 6.45) is 0. The van der Waals surface area contributed by atoms with Crippen LogP contribution in [-0.2, 0) is 4.79 Å². The number of carbonyl (C=O) groups is 2. The molecule has 0 aliphatic carbocycles. The smallest absolute Gasteiger partial charge is 0.264 e. The lowest BCUT2D eigenvalue weighted by Gasteiger charge is -2.06. The van der Waals surface area contributed by atoms with Gasteiger partial charge in [-0.1, -0.05) is 0 Å². The van der Waals surface area contributed by atoms with E-state index in [2.05, 4.69) is 10.3 Å². The Labute approximate surface area is 164 Å². The summed E-state index contributed by atoms with van der Waals surface area (Å²) >= 11 is 1.32. The molecule has 28 heavy (non-hydrogen) atoms. The molecule has 1 aliphatic rings. The van der Waals surface area contributed by atoms with Crippen molar-refractivity contribution < 1.29 is 23.8 Å². The van der Waals surface area contributed by atoms with E-state index >= 15 is 0 Å². The summed E-state index contributed by atoms with van der Waals surface area (Å²) in [7, 11) is 0. The van der Waals surface area contributed by atoms with E-state index in [1.807, 2.05) is 23.6 Å². The van der Waals surface area contributed by atoms with Crippen LogP contribution in [0.25, 0.3) is 11.3 Å². The van der Waals surface area contributed by atoms with Crippen LogP contribution in [0.15, 0.2) is 47.8 Å². The Hall–Kier alpha value is -3.39. The van der Waals surface area contributed by atoms with Gasteiger partial charge in [-0.15, -0.1) is 11.3 Å². The van der Waals surface area contributed by atoms with Crippen molar-refractivity contribution in [1.82, 2.24) is 4.98 Å². The molecular weight excluding hydrogens is 380 g/mol. The van der Waals surface area contributed by atoms with E-state index in [4.69, 9.17) is 14.2 Å². The number of hydrogen-bond donors (Lipinski definition) is 1. The minimum absolute atomic E-state index is 0.0219. The van der Waals surface area contributed by atoms with Crippen molar-refractivity contribution in [2.75, 3.05) is 18.7 Å². The number of nitrogens with zero attached hydrogens (tertiary/aromatic N) is 1. The first kappa shape index (κ1) is 18.0. The Morgan fingerprint density at radius 2 is 1.93 bits per heavy atom. The second-order valence-electron chi connectivity index (χ2n) is 6.02. The summed E-state index contributed by atoms with van der Waals surface area (Å²) < 4.78 is 16.1. The average molecular weight is 396 g/mol. The van der Waals surface area contributed by atoms with Crippen LogP contribution in [0.2, 0.25) is 0 Å². The number of nitrogens with one attached hydrogen (secondary N) is 1. The summed E-state index contributed by atoms with van der Waals surface area (Å²) in [5.74, 6) is 1.56. The van der Waals surface area contributed by atoms with Gasteiger partial charge in [0.15, 0.2) is 29.0 Å². The van der Waals surface area contributed by atoms with E-state index in [0.29, 0.717) is 27.9 Å². The number of rotatable bonds is 6. The lowest BCUT2D eigenvalue weighted by Crippen LogP contribution is -2.20. The van der Waals surface area contributed by atoms with E-state index in [1.54, 1.807) is 24.3 Å². The number of ketones is 1. The first-order chi connectivity index (χ1) is 13.6. The molecule has 0 fully saturated rings. The molecule has 8 heteroatoms. The van der Waals surface area contributed by atoms with Crippen molar-refractivity contribution in [2.45, 2.75) is 6.92 Å². The summed E-state index contributed by atoms with van der Waals surface area (Å²) in [5, 5.41) is 5.05. The van der Waals surface area contributed by atoms with Gasteiger partial charge in [-0.2, -0.15) is 0 Å². The van der Waals surface area contributed by atoms with Crippen molar-refractivity contribution in [3.63, 3.8) is 0 Å². The molecular formula is C20H16N2O5S. The van der Waals surface area contributed by atoms with Crippen molar-refractivity contribution in [1.29, 1.82) is 0 Å². The Balaban J connectivity index is 1.34. The SMILES string of the molecule is CC(=O)c1ccc(OCC(=O)Nc2nc(-c3ccc4c(c3)OCO4)cs2)cc1. The zero-order valence-corrected chi connectivity index (χ0v) is 15.7. The van der Waals surface area contributed by atoms with Gasteiger partial charge < -0.3 is 14.2 Å². The van der Waals surface area contributed by atoms with Crippen LogP contribution in [-0.4, -0.2) is 30.1 Å². The Kier molecular flexibility index (Phi) is 4.94. The van der Waals surface area contributed by atoms with Gasteiger partial charge >= 0.3 is 0 Å². The van der Waals surface area contributed by atoms with Crippen molar-refractivity contribution in [3.8, 4) is 28.5 Å². The molecule has 1 amide bonds. The Bertz CT molecular complexity index is 1030. The van der Waals surface area contributed by atoms with Crippen LogP contribution in [0.4, 0.5) is 5.13 Å². The molecule has 2 aromatic carbocycles. The van der Waals surface area contributed by atoms with Gasteiger partial charge in [0.05, 0.1) is 5.69 Å². The van der Waals surface area contributed by atoms with Gasteiger partial charge in [-0.25, -0.2) is 4.98 Å². The highest BCUT2D eigenvalue weighted by Crippen LogP contribution is 2.36. The molecule has 1 aliphatic heterocycles. The summed E-state index contributed by atoms with van der Waals surface area (Å²) in [5.41, 5.74) is 2.21. The second-order valence-corrected chi connectivity index (χ2v) is 6.88. The van der Waals surface area contributed by atoms with Crippen LogP contribution < -0.4 is 19.5 Å². The molecule has 0 unspecified atom stereocenters. The van der Waals surface area contributed by atoms with E-state index in [9.17, 15) is 9.59 Å². The summed E-state index contributed by atoms with van der Waals surface area (Å²) in [6.45, 7) is 1.56. The standard InChI is InChI=1S/C20H16N2O5S/c1-12(23)13-2-5-15(6-3-13)25-9-19(24)22-20-21-16(10-28-20)14-4-7-17-18(8-14)27-11-26-17/h2-8,10H,9,11H2,1H3,(H,21,22,24). The highest BCUT2D eigenvalue weighted by atomic mass is 32.1. The molecule has 0 spiro atoms. The van der Waals surface area contributed by atoms with Gasteiger partial charge in [0.2, 0.25) is 6.79 Å². The Morgan fingerprint density at radius 1 is 1.14 bits per heavy atom. The first-order valence-electron chi connectivity index (χ1n) is 8.48.